The van der Waals surface area contributed by atoms with Gasteiger partial charge in [0.1, 0.15) is 23.9 Å². The zero-order chi connectivity index (χ0) is 18.5. The number of anilines is 1. The van der Waals surface area contributed by atoms with Crippen LogP contribution in [0.15, 0.2) is 59.0 Å². The first-order valence-electron chi connectivity index (χ1n) is 7.73. The predicted octanol–water partition coefficient (Wildman–Crippen LogP) is 4.76. The van der Waals surface area contributed by atoms with Crippen LogP contribution >= 0.6 is 23.2 Å². The van der Waals surface area contributed by atoms with Crippen molar-refractivity contribution >= 4 is 34.8 Å². The number of nitrogens with one attached hydrogen (secondary N) is 1. The zero-order valence-electron chi connectivity index (χ0n) is 13.5. The molecule has 2 aromatic carbocycles. The highest BCUT2D eigenvalue weighted by molar-refractivity contribution is 6.33. The number of halogens is 2. The summed E-state index contributed by atoms with van der Waals surface area (Å²) in [5.41, 5.74) is 1.17. The molecule has 0 bridgehead atoms. The molecule has 0 unspecified atom stereocenters. The Bertz CT molecular complexity index is 906. The van der Waals surface area contributed by atoms with Crippen LogP contribution in [0, 0.1) is 0 Å². The Morgan fingerprint density at radius 3 is 2.54 bits per heavy atom. The van der Waals surface area contributed by atoms with Crippen LogP contribution in [-0.4, -0.2) is 17.6 Å². The van der Waals surface area contributed by atoms with Crippen LogP contribution in [0.3, 0.4) is 0 Å². The average molecular weight is 392 g/mol. The largest absolute Gasteiger partial charge is 0.484 e. The minimum atomic E-state index is -0.352. The smallest absolute Gasteiger partial charge is 0.262 e. The zero-order valence-corrected chi connectivity index (χ0v) is 15.1. The molecule has 0 radical (unpaired) electrons. The molecular weight excluding hydrogens is 377 g/mol. The number of benzene rings is 2. The molecule has 0 saturated carbocycles. The number of aliphatic hydroxyl groups excluding tert-OH is 1. The number of carbonyl (C=O) groups excluding carboxylic acids is 1. The Morgan fingerprint density at radius 2 is 1.85 bits per heavy atom. The molecule has 2 N–H and O–H groups in total. The molecule has 1 heterocycles. The normalized spacial score (nSPS) is 10.6. The van der Waals surface area contributed by atoms with Crippen LogP contribution in [-0.2, 0) is 11.4 Å². The van der Waals surface area contributed by atoms with Gasteiger partial charge in [0.05, 0.1) is 10.7 Å². The lowest BCUT2D eigenvalue weighted by Gasteiger charge is -2.10. The Balaban J connectivity index is 1.67. The summed E-state index contributed by atoms with van der Waals surface area (Å²) < 4.78 is 10.9. The molecule has 3 rings (SSSR count). The summed E-state index contributed by atoms with van der Waals surface area (Å²) in [5, 5.41) is 12.8. The number of amides is 1. The molecule has 0 aliphatic rings. The van der Waals surface area contributed by atoms with E-state index < -0.39 is 0 Å². The summed E-state index contributed by atoms with van der Waals surface area (Å²) in [7, 11) is 0. The molecule has 3 aromatic rings. The lowest BCUT2D eigenvalue weighted by Crippen LogP contribution is -2.20. The highest BCUT2D eigenvalue weighted by Crippen LogP contribution is 2.30. The van der Waals surface area contributed by atoms with E-state index >= 15 is 0 Å². The van der Waals surface area contributed by atoms with Gasteiger partial charge in [0, 0.05) is 10.6 Å². The maximum atomic E-state index is 12.1. The number of hydrogen-bond donors (Lipinski definition) is 2. The van der Waals surface area contributed by atoms with Gasteiger partial charge in [0.2, 0.25) is 0 Å². The summed E-state index contributed by atoms with van der Waals surface area (Å²) in [6, 6.07) is 15.3. The Labute approximate surface area is 160 Å². The molecule has 0 aliphatic heterocycles. The van der Waals surface area contributed by atoms with E-state index in [2.05, 4.69) is 5.32 Å². The van der Waals surface area contributed by atoms with Crippen molar-refractivity contribution in [2.24, 2.45) is 0 Å². The van der Waals surface area contributed by atoms with Crippen molar-refractivity contribution in [1.29, 1.82) is 0 Å². The number of aliphatic hydroxyl groups is 1. The van der Waals surface area contributed by atoms with Crippen LogP contribution < -0.4 is 10.1 Å². The van der Waals surface area contributed by atoms with E-state index in [9.17, 15) is 4.79 Å². The number of hydrogen-bond acceptors (Lipinski definition) is 4. The van der Waals surface area contributed by atoms with Crippen molar-refractivity contribution in [3.8, 4) is 17.1 Å². The minimum absolute atomic E-state index is 0.169. The molecule has 26 heavy (non-hydrogen) atoms. The quantitative estimate of drug-likeness (QED) is 0.634. The van der Waals surface area contributed by atoms with Gasteiger partial charge >= 0.3 is 0 Å². The van der Waals surface area contributed by atoms with E-state index in [1.165, 1.54) is 0 Å². The van der Waals surface area contributed by atoms with E-state index in [0.717, 1.165) is 5.56 Å². The first-order valence-corrected chi connectivity index (χ1v) is 8.48. The molecule has 1 aromatic heterocycles. The molecule has 0 fully saturated rings. The fraction of sp³-hybridized carbons (Fsp3) is 0.105. The van der Waals surface area contributed by atoms with Crippen molar-refractivity contribution < 1.29 is 19.1 Å². The van der Waals surface area contributed by atoms with Gasteiger partial charge in [-0.3, -0.25) is 4.79 Å². The van der Waals surface area contributed by atoms with Crippen LogP contribution in [0.2, 0.25) is 10.0 Å². The Hall–Kier alpha value is -2.47. The maximum absolute atomic E-state index is 12.1. The Morgan fingerprint density at radius 1 is 1.08 bits per heavy atom. The van der Waals surface area contributed by atoms with Crippen LogP contribution in [0.25, 0.3) is 11.3 Å². The lowest BCUT2D eigenvalue weighted by atomic mass is 10.1. The molecular formula is C19H15Cl2NO4. The monoisotopic (exact) mass is 391 g/mol. The average Bonchev–Trinajstić information content (AvgIpc) is 3.12. The summed E-state index contributed by atoms with van der Waals surface area (Å²) in [5.74, 6) is 1.21. The second-order valence-corrected chi connectivity index (χ2v) is 6.25. The van der Waals surface area contributed by atoms with Crippen molar-refractivity contribution in [2.45, 2.75) is 6.61 Å². The van der Waals surface area contributed by atoms with Gasteiger partial charge in [0.15, 0.2) is 6.61 Å². The summed E-state index contributed by atoms with van der Waals surface area (Å²) in [4.78, 5) is 12.1. The highest BCUT2D eigenvalue weighted by atomic mass is 35.5. The number of rotatable bonds is 6. The first-order chi connectivity index (χ1) is 12.5. The van der Waals surface area contributed by atoms with E-state index in [-0.39, 0.29) is 19.1 Å². The molecule has 0 atom stereocenters. The SMILES string of the molecule is O=C(COc1ccc(Cl)cc1)Nc1cc(-c2ccc(CO)o2)ccc1Cl. The van der Waals surface area contributed by atoms with Crippen molar-refractivity contribution in [1.82, 2.24) is 0 Å². The molecule has 7 heteroatoms. The van der Waals surface area contributed by atoms with Gasteiger partial charge in [-0.2, -0.15) is 0 Å². The van der Waals surface area contributed by atoms with Crippen LogP contribution in [0.5, 0.6) is 5.75 Å². The first kappa shape index (κ1) is 18.3. The second-order valence-electron chi connectivity index (χ2n) is 5.41. The van der Waals surface area contributed by atoms with Crippen molar-refractivity contribution in [3.63, 3.8) is 0 Å². The fourth-order valence-electron chi connectivity index (χ4n) is 2.26. The van der Waals surface area contributed by atoms with Gasteiger partial charge in [-0.1, -0.05) is 23.2 Å². The van der Waals surface area contributed by atoms with Crippen molar-refractivity contribution in [2.75, 3.05) is 11.9 Å². The minimum Gasteiger partial charge on any atom is -0.484 e. The number of carbonyl (C=O) groups is 1. The molecule has 134 valence electrons. The van der Waals surface area contributed by atoms with Gasteiger partial charge in [-0.05, 0) is 54.6 Å². The molecule has 5 nitrogen and oxygen atoms in total. The van der Waals surface area contributed by atoms with E-state index in [4.69, 9.17) is 37.5 Å². The second kappa shape index (κ2) is 8.27. The van der Waals surface area contributed by atoms with E-state index in [0.29, 0.717) is 33.0 Å². The van der Waals surface area contributed by atoms with Crippen LogP contribution in [0.4, 0.5) is 5.69 Å². The van der Waals surface area contributed by atoms with E-state index in [1.54, 1.807) is 54.6 Å². The molecule has 0 aliphatic carbocycles. The predicted molar refractivity (Wildman–Crippen MR) is 101 cm³/mol. The maximum Gasteiger partial charge on any atom is 0.262 e. The third kappa shape index (κ3) is 4.58. The van der Waals surface area contributed by atoms with Gasteiger partial charge in [0.25, 0.3) is 5.91 Å². The summed E-state index contributed by atoms with van der Waals surface area (Å²) in [6.07, 6.45) is 0. The third-order valence-corrected chi connectivity index (χ3v) is 4.11. The molecule has 1 amide bonds. The van der Waals surface area contributed by atoms with Gasteiger partial charge < -0.3 is 19.6 Å². The topological polar surface area (TPSA) is 71.7 Å². The van der Waals surface area contributed by atoms with Crippen LogP contribution in [0.1, 0.15) is 5.76 Å². The third-order valence-electron chi connectivity index (χ3n) is 3.53. The fourth-order valence-corrected chi connectivity index (χ4v) is 2.55. The summed E-state index contributed by atoms with van der Waals surface area (Å²) >= 11 is 12.0. The lowest BCUT2D eigenvalue weighted by molar-refractivity contribution is -0.118. The highest BCUT2D eigenvalue weighted by Gasteiger charge is 2.11. The standard InChI is InChI=1S/C19H15Cl2NO4/c20-13-2-4-14(5-3-13)25-11-19(24)22-17-9-12(1-7-16(17)21)18-8-6-15(10-23)26-18/h1-9,23H,10-11H2,(H,22,24). The number of furan rings is 1. The molecule has 0 saturated heterocycles. The Kier molecular flexibility index (Phi) is 5.83. The van der Waals surface area contributed by atoms with E-state index in [1.807, 2.05) is 0 Å². The number of ether oxygens (including phenoxy) is 1. The van der Waals surface area contributed by atoms with Gasteiger partial charge in [-0.15, -0.1) is 0 Å². The van der Waals surface area contributed by atoms with Gasteiger partial charge in [-0.25, -0.2) is 0 Å². The van der Waals surface area contributed by atoms with Crippen molar-refractivity contribution in [3.05, 3.63) is 70.4 Å². The molecule has 0 spiro atoms. The summed E-state index contributed by atoms with van der Waals surface area (Å²) in [6.45, 7) is -0.350.